The predicted octanol–water partition coefficient (Wildman–Crippen LogP) is 1.53. The number of aryl methyl sites for hydroxylation is 1. The zero-order chi connectivity index (χ0) is 21.0. The molecule has 2 aromatic carbocycles. The standard InChI is InChI=1S/C19H16O10/c1-6-3-9(21)8(5-26-2)14-10(6)17(23)28-15-7(4-20)13(22)11-12(16(15)27-14)19(25)29-18(11)24/h3,19-22,25H,4-5H2,1-2H3. The van der Waals surface area contributed by atoms with E-state index < -0.39 is 36.1 Å². The Morgan fingerprint density at radius 2 is 1.76 bits per heavy atom. The van der Waals surface area contributed by atoms with Gasteiger partial charge in [0, 0.05) is 7.11 Å². The van der Waals surface area contributed by atoms with Gasteiger partial charge in [0.2, 0.25) is 6.29 Å². The van der Waals surface area contributed by atoms with Crippen LogP contribution in [-0.4, -0.2) is 39.5 Å². The van der Waals surface area contributed by atoms with Crippen LogP contribution in [0.15, 0.2) is 6.07 Å². The van der Waals surface area contributed by atoms with Gasteiger partial charge in [-0.25, -0.2) is 9.59 Å². The topological polar surface area (TPSA) is 152 Å². The molecule has 10 nitrogen and oxygen atoms in total. The minimum absolute atomic E-state index is 0.0251. The van der Waals surface area contributed by atoms with Crippen molar-refractivity contribution in [1.29, 1.82) is 0 Å². The average molecular weight is 404 g/mol. The number of aromatic hydroxyl groups is 2. The van der Waals surface area contributed by atoms with Crippen molar-refractivity contribution in [2.24, 2.45) is 0 Å². The fourth-order valence-electron chi connectivity index (χ4n) is 3.48. The highest BCUT2D eigenvalue weighted by Gasteiger charge is 2.43. The van der Waals surface area contributed by atoms with Gasteiger partial charge in [-0.1, -0.05) is 0 Å². The van der Waals surface area contributed by atoms with E-state index in [9.17, 15) is 30.0 Å². The van der Waals surface area contributed by atoms with Crippen LogP contribution in [0, 0.1) is 6.92 Å². The number of cyclic esters (lactones) is 1. The van der Waals surface area contributed by atoms with Crippen molar-refractivity contribution < 1.29 is 49.0 Å². The Labute approximate surface area is 163 Å². The van der Waals surface area contributed by atoms with E-state index in [0.717, 1.165) is 0 Å². The van der Waals surface area contributed by atoms with E-state index in [-0.39, 0.29) is 51.9 Å². The summed E-state index contributed by atoms with van der Waals surface area (Å²) in [6, 6.07) is 1.34. The highest BCUT2D eigenvalue weighted by Crippen LogP contribution is 2.54. The Bertz CT molecular complexity index is 1070. The minimum Gasteiger partial charge on any atom is -0.507 e. The number of carbonyl (C=O) groups is 2. The number of hydrogen-bond acceptors (Lipinski definition) is 10. The number of esters is 2. The Hall–Kier alpha value is -3.34. The number of rotatable bonds is 3. The van der Waals surface area contributed by atoms with Crippen molar-refractivity contribution >= 4 is 11.9 Å². The number of ether oxygens (including phenoxy) is 4. The molecule has 4 rings (SSSR count). The molecule has 1 unspecified atom stereocenters. The number of hydrogen-bond donors (Lipinski definition) is 4. The molecule has 0 saturated heterocycles. The summed E-state index contributed by atoms with van der Waals surface area (Å²) in [4.78, 5) is 24.9. The number of benzene rings is 2. The average Bonchev–Trinajstić information content (AvgIpc) is 2.86. The highest BCUT2D eigenvalue weighted by atomic mass is 16.6. The van der Waals surface area contributed by atoms with Gasteiger partial charge in [0.15, 0.2) is 17.2 Å². The third kappa shape index (κ3) is 2.61. The van der Waals surface area contributed by atoms with E-state index in [4.69, 9.17) is 18.9 Å². The molecule has 0 saturated carbocycles. The molecule has 29 heavy (non-hydrogen) atoms. The summed E-state index contributed by atoms with van der Waals surface area (Å²) < 4.78 is 21.1. The summed E-state index contributed by atoms with van der Waals surface area (Å²) in [5.74, 6) is -3.59. The second-order valence-corrected chi connectivity index (χ2v) is 6.51. The zero-order valence-corrected chi connectivity index (χ0v) is 15.3. The number of phenolic OH excluding ortho intramolecular Hbond substituents is 1. The maximum atomic E-state index is 12.8. The molecule has 2 heterocycles. The van der Waals surface area contributed by atoms with Crippen LogP contribution in [-0.2, 0) is 22.7 Å². The number of methoxy groups -OCH3 is 1. The molecule has 1 atom stereocenters. The van der Waals surface area contributed by atoms with Crippen LogP contribution in [0.4, 0.5) is 0 Å². The molecule has 0 fully saturated rings. The molecule has 0 amide bonds. The van der Waals surface area contributed by atoms with Crippen LogP contribution in [0.1, 0.15) is 49.3 Å². The zero-order valence-electron chi connectivity index (χ0n) is 15.3. The van der Waals surface area contributed by atoms with Crippen molar-refractivity contribution in [3.05, 3.63) is 39.4 Å². The molecule has 10 heteroatoms. The van der Waals surface area contributed by atoms with Crippen LogP contribution in [0.2, 0.25) is 0 Å². The Kier molecular flexibility index (Phi) is 4.34. The third-order valence-electron chi connectivity index (χ3n) is 4.79. The lowest BCUT2D eigenvalue weighted by Crippen LogP contribution is -2.11. The number of fused-ring (bicyclic) bond motifs is 4. The van der Waals surface area contributed by atoms with Gasteiger partial charge in [0.25, 0.3) is 0 Å². The Balaban J connectivity index is 2.08. The van der Waals surface area contributed by atoms with Crippen LogP contribution < -0.4 is 9.47 Å². The molecule has 4 N–H and O–H groups in total. The molecule has 2 aliphatic rings. The lowest BCUT2D eigenvalue weighted by molar-refractivity contribution is -0.0555. The maximum absolute atomic E-state index is 12.8. The quantitative estimate of drug-likeness (QED) is 0.438. The second-order valence-electron chi connectivity index (χ2n) is 6.51. The first kappa shape index (κ1) is 19.0. The predicted molar refractivity (Wildman–Crippen MR) is 93.0 cm³/mol. The Morgan fingerprint density at radius 1 is 1.03 bits per heavy atom. The normalized spacial score (nSPS) is 16.9. The molecule has 0 bridgehead atoms. The number of aliphatic hydroxyl groups excluding tert-OH is 2. The molecular formula is C19H16O10. The number of aliphatic hydroxyl groups is 2. The van der Waals surface area contributed by atoms with Crippen molar-refractivity contribution in [3.8, 4) is 28.7 Å². The lowest BCUT2D eigenvalue weighted by Gasteiger charge is -2.18. The van der Waals surface area contributed by atoms with Gasteiger partial charge >= 0.3 is 11.9 Å². The largest absolute Gasteiger partial charge is 0.507 e. The van der Waals surface area contributed by atoms with Crippen molar-refractivity contribution in [1.82, 2.24) is 0 Å². The van der Waals surface area contributed by atoms with Gasteiger partial charge in [0.05, 0.1) is 29.9 Å². The fraction of sp³-hybridized carbons (Fsp3) is 0.263. The number of phenols is 2. The van der Waals surface area contributed by atoms with E-state index >= 15 is 0 Å². The summed E-state index contributed by atoms with van der Waals surface area (Å²) in [6.07, 6.45) is -1.80. The minimum atomic E-state index is -1.80. The highest BCUT2D eigenvalue weighted by molar-refractivity contribution is 6.02. The van der Waals surface area contributed by atoms with E-state index in [1.165, 1.54) is 13.2 Å². The molecule has 0 radical (unpaired) electrons. The third-order valence-corrected chi connectivity index (χ3v) is 4.79. The lowest BCUT2D eigenvalue weighted by atomic mass is 10.0. The van der Waals surface area contributed by atoms with E-state index in [0.29, 0.717) is 5.56 Å². The van der Waals surface area contributed by atoms with Crippen molar-refractivity contribution in [2.75, 3.05) is 7.11 Å². The van der Waals surface area contributed by atoms with Crippen LogP contribution in [0.5, 0.6) is 28.7 Å². The fourth-order valence-corrected chi connectivity index (χ4v) is 3.48. The van der Waals surface area contributed by atoms with Crippen LogP contribution in [0.3, 0.4) is 0 Å². The summed E-state index contributed by atoms with van der Waals surface area (Å²) in [5.41, 5.74) is -0.529. The van der Waals surface area contributed by atoms with Crippen LogP contribution >= 0.6 is 0 Å². The SMILES string of the molecule is COCc1c(O)cc(C)c2c1Oc1c(c(CO)c(O)c3c1C(O)OC3=O)OC2=O. The van der Waals surface area contributed by atoms with E-state index in [1.54, 1.807) is 6.92 Å². The monoisotopic (exact) mass is 404 g/mol. The summed E-state index contributed by atoms with van der Waals surface area (Å²) in [7, 11) is 1.38. The molecule has 0 spiro atoms. The molecule has 2 aliphatic heterocycles. The molecule has 152 valence electrons. The second kappa shape index (κ2) is 6.62. The smallest absolute Gasteiger partial charge is 0.347 e. The van der Waals surface area contributed by atoms with E-state index in [1.807, 2.05) is 0 Å². The summed E-state index contributed by atoms with van der Waals surface area (Å²) >= 11 is 0. The first-order chi connectivity index (χ1) is 13.8. The van der Waals surface area contributed by atoms with Crippen molar-refractivity contribution in [2.45, 2.75) is 26.4 Å². The first-order valence-corrected chi connectivity index (χ1v) is 8.46. The first-order valence-electron chi connectivity index (χ1n) is 8.46. The van der Waals surface area contributed by atoms with E-state index in [2.05, 4.69) is 0 Å². The van der Waals surface area contributed by atoms with Crippen molar-refractivity contribution in [3.63, 3.8) is 0 Å². The Morgan fingerprint density at radius 3 is 2.41 bits per heavy atom. The van der Waals surface area contributed by atoms with Gasteiger partial charge in [-0.3, -0.25) is 0 Å². The molecule has 0 aromatic heterocycles. The molecular weight excluding hydrogens is 388 g/mol. The van der Waals surface area contributed by atoms with Gasteiger partial charge in [0.1, 0.15) is 22.6 Å². The van der Waals surface area contributed by atoms with Gasteiger partial charge < -0.3 is 39.4 Å². The number of carbonyl (C=O) groups excluding carboxylic acids is 2. The summed E-state index contributed by atoms with van der Waals surface area (Å²) in [5, 5.41) is 40.6. The molecule has 0 aliphatic carbocycles. The van der Waals surface area contributed by atoms with Crippen LogP contribution in [0.25, 0.3) is 0 Å². The molecule has 2 aromatic rings. The summed E-state index contributed by atoms with van der Waals surface area (Å²) in [6.45, 7) is 0.626. The maximum Gasteiger partial charge on any atom is 0.347 e. The van der Waals surface area contributed by atoms with Gasteiger partial charge in [-0.2, -0.15) is 0 Å². The van der Waals surface area contributed by atoms with Gasteiger partial charge in [-0.15, -0.1) is 0 Å². The van der Waals surface area contributed by atoms with Gasteiger partial charge in [-0.05, 0) is 18.6 Å².